The topological polar surface area (TPSA) is 94.8 Å². The molecule has 1 aromatic heterocycles. The van der Waals surface area contributed by atoms with Gasteiger partial charge >= 0.3 is 6.03 Å². The van der Waals surface area contributed by atoms with E-state index in [1.54, 1.807) is 18.0 Å². The molecular formula is C23H25ClN6O2. The molecule has 3 N–H and O–H groups in total. The molecule has 0 atom stereocenters. The number of fused-ring (bicyclic) bond motifs is 1. The van der Waals surface area contributed by atoms with Crippen molar-refractivity contribution in [3.63, 3.8) is 0 Å². The highest BCUT2D eigenvalue weighted by Gasteiger charge is 2.23. The number of amides is 3. The minimum Gasteiger partial charge on any atom is -0.384 e. The number of hydrogen-bond donors (Lipinski definition) is 2. The van der Waals surface area contributed by atoms with Crippen LogP contribution in [0.15, 0.2) is 54.6 Å². The number of piperazine rings is 1. The zero-order valence-electron chi connectivity index (χ0n) is 17.8. The third-order valence-electron chi connectivity index (χ3n) is 5.59. The van der Waals surface area contributed by atoms with Crippen molar-refractivity contribution in [3.05, 3.63) is 59.6 Å². The highest BCUT2D eigenvalue weighted by Crippen LogP contribution is 2.30. The molecule has 0 radical (unpaired) electrons. The molecule has 0 saturated carbocycles. The van der Waals surface area contributed by atoms with Crippen LogP contribution in [0.3, 0.4) is 0 Å². The van der Waals surface area contributed by atoms with Crippen molar-refractivity contribution in [1.82, 2.24) is 15.2 Å². The number of urea groups is 1. The van der Waals surface area contributed by atoms with Crippen LogP contribution in [0, 0.1) is 0 Å². The van der Waals surface area contributed by atoms with Gasteiger partial charge in [-0.3, -0.25) is 4.79 Å². The largest absolute Gasteiger partial charge is 0.384 e. The first kappa shape index (κ1) is 21.7. The van der Waals surface area contributed by atoms with Crippen LogP contribution in [0.5, 0.6) is 0 Å². The highest BCUT2D eigenvalue weighted by molar-refractivity contribution is 6.31. The fourth-order valence-electron chi connectivity index (χ4n) is 3.79. The van der Waals surface area contributed by atoms with Gasteiger partial charge in [0, 0.05) is 61.1 Å². The Hall–Kier alpha value is -3.52. The number of nitrogens with two attached hydrogens (primary N) is 1. The molecule has 8 nitrogen and oxygen atoms in total. The van der Waals surface area contributed by atoms with Crippen molar-refractivity contribution in [3.8, 4) is 0 Å². The molecule has 0 unspecified atom stereocenters. The fraction of sp³-hybridized carbons (Fsp3) is 0.261. The first-order chi connectivity index (χ1) is 15.4. The average molecular weight is 453 g/mol. The molecule has 1 saturated heterocycles. The van der Waals surface area contributed by atoms with Gasteiger partial charge in [-0.15, -0.1) is 0 Å². The summed E-state index contributed by atoms with van der Waals surface area (Å²) in [5.41, 5.74) is 8.50. The first-order valence-electron chi connectivity index (χ1n) is 10.4. The van der Waals surface area contributed by atoms with Gasteiger partial charge in [0.1, 0.15) is 5.82 Å². The second kappa shape index (κ2) is 9.32. The van der Waals surface area contributed by atoms with E-state index in [1.807, 2.05) is 48.5 Å². The highest BCUT2D eigenvalue weighted by atomic mass is 35.5. The third-order valence-corrected chi connectivity index (χ3v) is 5.82. The van der Waals surface area contributed by atoms with E-state index >= 15 is 0 Å². The van der Waals surface area contributed by atoms with E-state index in [9.17, 15) is 9.59 Å². The molecule has 166 valence electrons. The van der Waals surface area contributed by atoms with E-state index < -0.39 is 0 Å². The Balaban J connectivity index is 1.34. The number of aromatic nitrogens is 1. The number of rotatable bonds is 4. The molecule has 4 rings (SSSR count). The SMILES string of the molecule is CN(C(=O)CNC(=O)N1CCN(c2cc(N)nc3cc(Cl)ccc23)CC1)c1ccccc1. The van der Waals surface area contributed by atoms with E-state index in [2.05, 4.69) is 15.2 Å². The standard InChI is InChI=1S/C23H25ClN6O2/c1-28(17-5-3-2-4-6-17)22(31)15-26-23(32)30-11-9-29(10-12-30)20-14-21(25)27-19-13-16(24)7-8-18(19)20/h2-8,13-14H,9-12,15H2,1H3,(H2,25,27)(H,26,32). The number of likely N-dealkylation sites (N-methyl/N-ethyl adjacent to an activating group) is 1. The summed E-state index contributed by atoms with van der Waals surface area (Å²) in [5.74, 6) is 0.247. The number of hydrogen-bond acceptors (Lipinski definition) is 5. The number of carbonyl (C=O) groups is 2. The number of benzene rings is 2. The Labute approximate surface area is 191 Å². The maximum absolute atomic E-state index is 12.6. The van der Waals surface area contributed by atoms with Gasteiger partial charge in [-0.1, -0.05) is 29.8 Å². The normalized spacial score (nSPS) is 13.8. The Morgan fingerprint density at radius 3 is 2.53 bits per heavy atom. The maximum Gasteiger partial charge on any atom is 0.317 e. The summed E-state index contributed by atoms with van der Waals surface area (Å²) in [6.07, 6.45) is 0. The summed E-state index contributed by atoms with van der Waals surface area (Å²) in [7, 11) is 1.69. The summed E-state index contributed by atoms with van der Waals surface area (Å²) in [5, 5.41) is 4.31. The zero-order valence-corrected chi connectivity index (χ0v) is 18.5. The Morgan fingerprint density at radius 1 is 1.09 bits per heavy atom. The van der Waals surface area contributed by atoms with E-state index in [-0.39, 0.29) is 18.5 Å². The Bertz CT molecular complexity index is 1130. The smallest absolute Gasteiger partial charge is 0.317 e. The monoisotopic (exact) mass is 452 g/mol. The molecule has 2 aromatic carbocycles. The van der Waals surface area contributed by atoms with Gasteiger partial charge in [0.15, 0.2) is 0 Å². The van der Waals surface area contributed by atoms with Crippen molar-refractivity contribution in [2.75, 3.05) is 55.3 Å². The zero-order chi connectivity index (χ0) is 22.7. The average Bonchev–Trinajstić information content (AvgIpc) is 2.81. The fourth-order valence-corrected chi connectivity index (χ4v) is 3.96. The van der Waals surface area contributed by atoms with Crippen LogP contribution < -0.4 is 20.9 Å². The van der Waals surface area contributed by atoms with Gasteiger partial charge in [-0.25, -0.2) is 9.78 Å². The molecule has 0 spiro atoms. The minimum atomic E-state index is -0.245. The summed E-state index contributed by atoms with van der Waals surface area (Å²) in [6, 6.07) is 16.5. The van der Waals surface area contributed by atoms with Crippen molar-refractivity contribution in [1.29, 1.82) is 0 Å². The number of anilines is 3. The van der Waals surface area contributed by atoms with Crippen molar-refractivity contribution in [2.45, 2.75) is 0 Å². The van der Waals surface area contributed by atoms with Crippen LogP contribution in [0.25, 0.3) is 10.9 Å². The number of halogens is 1. The van der Waals surface area contributed by atoms with Crippen LogP contribution in [0.4, 0.5) is 22.0 Å². The van der Waals surface area contributed by atoms with Gasteiger partial charge < -0.3 is 25.8 Å². The Kier molecular flexibility index (Phi) is 6.32. The summed E-state index contributed by atoms with van der Waals surface area (Å²) >= 11 is 6.10. The summed E-state index contributed by atoms with van der Waals surface area (Å²) in [4.78, 5) is 34.8. The molecule has 1 fully saturated rings. The van der Waals surface area contributed by atoms with Crippen molar-refractivity contribution in [2.24, 2.45) is 0 Å². The molecule has 0 aliphatic carbocycles. The maximum atomic E-state index is 12.6. The van der Waals surface area contributed by atoms with Gasteiger partial charge in [0.05, 0.1) is 12.1 Å². The predicted octanol–water partition coefficient (Wildman–Crippen LogP) is 2.97. The summed E-state index contributed by atoms with van der Waals surface area (Å²) in [6.45, 7) is 2.30. The third kappa shape index (κ3) is 4.70. The van der Waals surface area contributed by atoms with Gasteiger partial charge in [-0.05, 0) is 30.3 Å². The van der Waals surface area contributed by atoms with Crippen molar-refractivity contribution < 1.29 is 9.59 Å². The number of nitrogens with zero attached hydrogens (tertiary/aromatic N) is 4. The van der Waals surface area contributed by atoms with Crippen LogP contribution in [-0.4, -0.2) is 61.6 Å². The number of nitrogen functional groups attached to an aromatic ring is 1. The lowest BCUT2D eigenvalue weighted by Crippen LogP contribution is -2.53. The van der Waals surface area contributed by atoms with Gasteiger partial charge in [0.2, 0.25) is 5.91 Å². The second-order valence-electron chi connectivity index (χ2n) is 7.65. The molecule has 9 heteroatoms. The van der Waals surface area contributed by atoms with Crippen molar-refractivity contribution >= 4 is 51.6 Å². The quantitative estimate of drug-likeness (QED) is 0.634. The lowest BCUT2D eigenvalue weighted by Gasteiger charge is -2.36. The molecule has 2 heterocycles. The molecule has 3 amide bonds. The molecule has 32 heavy (non-hydrogen) atoms. The first-order valence-corrected chi connectivity index (χ1v) is 10.8. The van der Waals surface area contributed by atoms with E-state index in [4.69, 9.17) is 17.3 Å². The minimum absolute atomic E-state index is 0.0588. The van der Waals surface area contributed by atoms with Gasteiger partial charge in [-0.2, -0.15) is 0 Å². The van der Waals surface area contributed by atoms with Crippen LogP contribution >= 0.6 is 11.6 Å². The van der Waals surface area contributed by atoms with E-state index in [0.717, 1.165) is 22.3 Å². The number of carbonyl (C=O) groups excluding carboxylic acids is 2. The van der Waals surface area contributed by atoms with Crippen LogP contribution in [0.1, 0.15) is 0 Å². The number of nitrogens with one attached hydrogen (secondary N) is 1. The van der Waals surface area contributed by atoms with E-state index in [0.29, 0.717) is 37.0 Å². The lowest BCUT2D eigenvalue weighted by molar-refractivity contribution is -0.117. The number of para-hydroxylation sites is 1. The molecule has 0 bridgehead atoms. The van der Waals surface area contributed by atoms with Crippen LogP contribution in [0.2, 0.25) is 5.02 Å². The van der Waals surface area contributed by atoms with E-state index in [1.165, 1.54) is 4.90 Å². The Morgan fingerprint density at radius 2 is 1.81 bits per heavy atom. The lowest BCUT2D eigenvalue weighted by atomic mass is 10.1. The number of pyridine rings is 1. The molecular weight excluding hydrogens is 428 g/mol. The molecule has 3 aromatic rings. The second-order valence-corrected chi connectivity index (χ2v) is 8.09. The molecule has 1 aliphatic rings. The predicted molar refractivity (Wildman–Crippen MR) is 128 cm³/mol. The summed E-state index contributed by atoms with van der Waals surface area (Å²) < 4.78 is 0. The molecule has 1 aliphatic heterocycles. The van der Waals surface area contributed by atoms with Crippen LogP contribution in [-0.2, 0) is 4.79 Å². The van der Waals surface area contributed by atoms with Gasteiger partial charge in [0.25, 0.3) is 0 Å².